The van der Waals surface area contributed by atoms with E-state index >= 15 is 0 Å². The maximum Gasteiger partial charge on any atom is 0.269 e. The summed E-state index contributed by atoms with van der Waals surface area (Å²) in [6, 6.07) is 7.43. The number of nitrogens with zero attached hydrogens (tertiary/aromatic N) is 3. The number of aromatic nitrogens is 2. The molecule has 0 aliphatic heterocycles. The minimum absolute atomic E-state index is 0.00782. The van der Waals surface area contributed by atoms with Gasteiger partial charge in [0.25, 0.3) is 5.69 Å². The average molecular weight is 266 g/mol. The van der Waals surface area contributed by atoms with Gasteiger partial charge in [0.05, 0.1) is 10.5 Å². The van der Waals surface area contributed by atoms with E-state index in [1.807, 2.05) is 0 Å². The van der Waals surface area contributed by atoms with E-state index in [4.69, 9.17) is 11.6 Å². The highest BCUT2D eigenvalue weighted by Crippen LogP contribution is 2.25. The van der Waals surface area contributed by atoms with Gasteiger partial charge in [-0.3, -0.25) is 10.1 Å². The Balaban J connectivity index is 2.52. The molecule has 0 fully saturated rings. The highest BCUT2D eigenvalue weighted by molar-refractivity contribution is 6.29. The summed E-state index contributed by atoms with van der Waals surface area (Å²) < 4.78 is 0. The van der Waals surface area contributed by atoms with E-state index in [1.165, 1.54) is 12.1 Å². The molecule has 18 heavy (non-hydrogen) atoms. The second-order valence-electron chi connectivity index (χ2n) is 3.64. The van der Waals surface area contributed by atoms with Gasteiger partial charge in [0.1, 0.15) is 0 Å². The van der Waals surface area contributed by atoms with Crippen molar-refractivity contribution in [1.82, 2.24) is 5.10 Å². The van der Waals surface area contributed by atoms with Gasteiger partial charge in [-0.2, -0.15) is 0 Å². The summed E-state index contributed by atoms with van der Waals surface area (Å²) in [4.78, 5) is 10.5. The molecule has 0 spiro atoms. The third kappa shape index (κ3) is 2.23. The molecule has 7 heteroatoms. The molecule has 0 saturated heterocycles. The van der Waals surface area contributed by atoms with Crippen molar-refractivity contribution in [3.8, 4) is 11.1 Å². The van der Waals surface area contributed by atoms with Gasteiger partial charge in [-0.15, -0.1) is 0 Å². The van der Waals surface area contributed by atoms with Gasteiger partial charge in [-0.05, 0) is 23.8 Å². The third-order valence-corrected chi connectivity index (χ3v) is 2.70. The first-order valence-electron chi connectivity index (χ1n) is 5.01. The van der Waals surface area contributed by atoms with Crippen LogP contribution in [0.15, 0.2) is 30.3 Å². The predicted molar refractivity (Wildman–Crippen MR) is 65.0 cm³/mol. The zero-order chi connectivity index (χ0) is 13.3. The molecule has 92 valence electrons. The largest absolute Gasteiger partial charge is 0.594 e. The Morgan fingerprint density at radius 3 is 2.50 bits per heavy atom. The molecule has 0 unspecified atom stereocenters. The highest BCUT2D eigenvalue weighted by Gasteiger charge is 2.14. The standard InChI is InChI=1S/C11H8ClN3O3/c1-7-10(6-11(12)13-14(7)16)8-2-4-9(5-3-8)15(17)18/h2-6H,1H3. The molecule has 2 aromatic rings. The fourth-order valence-corrected chi connectivity index (χ4v) is 1.75. The van der Waals surface area contributed by atoms with Crippen LogP contribution in [-0.4, -0.2) is 10.0 Å². The smallest absolute Gasteiger partial charge is 0.269 e. The summed E-state index contributed by atoms with van der Waals surface area (Å²) in [5.74, 6) is 0. The lowest BCUT2D eigenvalue weighted by Crippen LogP contribution is -2.35. The molecule has 6 nitrogen and oxygen atoms in total. The van der Waals surface area contributed by atoms with E-state index < -0.39 is 4.92 Å². The first-order valence-corrected chi connectivity index (χ1v) is 5.38. The van der Waals surface area contributed by atoms with Gasteiger partial charge < -0.3 is 5.21 Å². The van der Waals surface area contributed by atoms with Gasteiger partial charge in [0.15, 0.2) is 5.15 Å². The number of benzene rings is 1. The number of non-ortho nitro benzene ring substituents is 1. The first kappa shape index (κ1) is 12.3. The molecule has 0 bridgehead atoms. The molecule has 1 aromatic carbocycles. The van der Waals surface area contributed by atoms with E-state index in [2.05, 4.69) is 5.10 Å². The Morgan fingerprint density at radius 2 is 1.94 bits per heavy atom. The Hall–Kier alpha value is -2.21. The van der Waals surface area contributed by atoms with Gasteiger partial charge in [-0.1, -0.05) is 16.4 Å². The molecule has 2 rings (SSSR count). The number of nitro benzene ring substituents is 1. The third-order valence-electron chi connectivity index (χ3n) is 2.52. The van der Waals surface area contributed by atoms with Crippen LogP contribution in [0.3, 0.4) is 0 Å². The Kier molecular flexibility index (Phi) is 3.12. The van der Waals surface area contributed by atoms with E-state index in [0.29, 0.717) is 21.7 Å². The fraction of sp³-hybridized carbons (Fsp3) is 0.0909. The summed E-state index contributed by atoms with van der Waals surface area (Å²) in [7, 11) is 0. The maximum absolute atomic E-state index is 11.4. The summed E-state index contributed by atoms with van der Waals surface area (Å²) in [5.41, 5.74) is 1.65. The normalized spacial score (nSPS) is 10.3. The van der Waals surface area contributed by atoms with Crippen LogP contribution < -0.4 is 4.85 Å². The number of rotatable bonds is 2. The van der Waals surface area contributed by atoms with E-state index in [1.54, 1.807) is 25.1 Å². The van der Waals surface area contributed by atoms with Crippen molar-refractivity contribution >= 4 is 17.3 Å². The van der Waals surface area contributed by atoms with Crippen molar-refractivity contribution in [2.24, 2.45) is 0 Å². The topological polar surface area (TPSA) is 83.0 Å². The number of nitro groups is 1. The molecule has 0 aliphatic rings. The predicted octanol–water partition coefficient (Wildman–Crippen LogP) is 2.25. The first-order chi connectivity index (χ1) is 8.49. The van der Waals surface area contributed by atoms with Gasteiger partial charge >= 0.3 is 0 Å². The maximum atomic E-state index is 11.4. The SMILES string of the molecule is Cc1c(-c2ccc([N+](=O)[O-])cc2)cc(Cl)n[n+]1[O-]. The van der Waals surface area contributed by atoms with E-state index in [9.17, 15) is 15.3 Å². The Morgan fingerprint density at radius 1 is 1.33 bits per heavy atom. The van der Waals surface area contributed by atoms with Crippen molar-refractivity contribution in [3.05, 3.63) is 56.5 Å². The minimum Gasteiger partial charge on any atom is -0.594 e. The van der Waals surface area contributed by atoms with Crippen molar-refractivity contribution in [1.29, 1.82) is 0 Å². The van der Waals surface area contributed by atoms with Crippen molar-refractivity contribution < 1.29 is 9.77 Å². The minimum atomic E-state index is -0.482. The summed E-state index contributed by atoms with van der Waals surface area (Å²) >= 11 is 5.71. The Labute approximate surface area is 107 Å². The number of hydrogen-bond acceptors (Lipinski definition) is 4. The highest BCUT2D eigenvalue weighted by atomic mass is 35.5. The van der Waals surface area contributed by atoms with Crippen LogP contribution in [0.25, 0.3) is 11.1 Å². The lowest BCUT2D eigenvalue weighted by molar-refractivity contribution is -0.674. The zero-order valence-electron chi connectivity index (χ0n) is 9.33. The zero-order valence-corrected chi connectivity index (χ0v) is 10.1. The number of hydrogen-bond donors (Lipinski definition) is 0. The molecule has 0 atom stereocenters. The fourth-order valence-electron chi connectivity index (χ4n) is 1.57. The van der Waals surface area contributed by atoms with Crippen molar-refractivity contribution in [3.63, 3.8) is 0 Å². The molecule has 0 amide bonds. The quantitative estimate of drug-likeness (QED) is 0.361. The van der Waals surface area contributed by atoms with Crippen molar-refractivity contribution in [2.45, 2.75) is 6.92 Å². The molecule has 1 heterocycles. The van der Waals surface area contributed by atoms with Crippen LogP contribution in [0.5, 0.6) is 0 Å². The molecule has 0 saturated carbocycles. The molecular weight excluding hydrogens is 258 g/mol. The van der Waals surface area contributed by atoms with Crippen LogP contribution in [0, 0.1) is 22.2 Å². The van der Waals surface area contributed by atoms with Crippen LogP contribution in [0.4, 0.5) is 5.69 Å². The lowest BCUT2D eigenvalue weighted by Gasteiger charge is -2.05. The molecule has 0 aliphatic carbocycles. The molecule has 0 N–H and O–H groups in total. The van der Waals surface area contributed by atoms with Crippen molar-refractivity contribution in [2.75, 3.05) is 0 Å². The second-order valence-corrected chi connectivity index (χ2v) is 4.03. The van der Waals surface area contributed by atoms with Gasteiger partial charge in [-0.25, -0.2) is 0 Å². The van der Waals surface area contributed by atoms with Crippen LogP contribution in [0.2, 0.25) is 5.15 Å². The van der Waals surface area contributed by atoms with Crippen LogP contribution >= 0.6 is 11.6 Å². The van der Waals surface area contributed by atoms with Crippen LogP contribution in [-0.2, 0) is 0 Å². The lowest BCUT2D eigenvalue weighted by atomic mass is 10.1. The van der Waals surface area contributed by atoms with E-state index in [-0.39, 0.29) is 10.8 Å². The summed E-state index contributed by atoms with van der Waals surface area (Å²) in [5, 5.41) is 25.6. The summed E-state index contributed by atoms with van der Waals surface area (Å²) in [6.45, 7) is 1.60. The number of halogens is 1. The monoisotopic (exact) mass is 265 g/mol. The molecular formula is C11H8ClN3O3. The molecule has 0 radical (unpaired) electrons. The molecule has 1 aromatic heterocycles. The summed E-state index contributed by atoms with van der Waals surface area (Å²) in [6.07, 6.45) is 0. The van der Waals surface area contributed by atoms with Crippen LogP contribution in [0.1, 0.15) is 5.69 Å². The van der Waals surface area contributed by atoms with E-state index in [0.717, 1.165) is 0 Å². The average Bonchev–Trinajstić information content (AvgIpc) is 2.34. The van der Waals surface area contributed by atoms with Gasteiger partial charge in [0, 0.05) is 24.2 Å². The second kappa shape index (κ2) is 4.58. The Bertz CT molecular complexity index is 614. The van der Waals surface area contributed by atoms with Gasteiger partial charge in [0.2, 0.25) is 5.69 Å².